The van der Waals surface area contributed by atoms with Crippen LogP contribution in [-0.4, -0.2) is 96.0 Å². The predicted octanol–water partition coefficient (Wildman–Crippen LogP) is -1.19. The average Bonchev–Trinajstić information content (AvgIpc) is 2.93. The molecule has 0 heterocycles. The lowest BCUT2D eigenvalue weighted by Crippen LogP contribution is -2.39. The molecular formula is C25H37N5O9. The number of rotatable bonds is 23. The normalized spacial score (nSPS) is 11.9. The largest absolute Gasteiger partial charge is 0.377 e. The van der Waals surface area contributed by atoms with E-state index in [0.717, 1.165) is 5.56 Å². The molecule has 0 aromatic heterocycles. The van der Waals surface area contributed by atoms with Crippen molar-refractivity contribution in [3.05, 3.63) is 29.8 Å². The van der Waals surface area contributed by atoms with Crippen LogP contribution in [0.4, 0.5) is 5.69 Å². The van der Waals surface area contributed by atoms with Crippen LogP contribution in [0.2, 0.25) is 0 Å². The lowest BCUT2D eigenvalue weighted by atomic mass is 10.1. The minimum Gasteiger partial charge on any atom is -0.377 e. The van der Waals surface area contributed by atoms with Crippen LogP contribution in [0.15, 0.2) is 24.3 Å². The Morgan fingerprint density at radius 3 is 2.23 bits per heavy atom. The summed E-state index contributed by atoms with van der Waals surface area (Å²) in [6.07, 6.45) is 1.56. The van der Waals surface area contributed by atoms with Crippen molar-refractivity contribution in [2.24, 2.45) is 0 Å². The molecule has 1 aromatic carbocycles. The number of aldehydes is 1. The van der Waals surface area contributed by atoms with Gasteiger partial charge in [-0.2, -0.15) is 0 Å². The van der Waals surface area contributed by atoms with Gasteiger partial charge < -0.3 is 45.6 Å². The Morgan fingerprint density at radius 1 is 0.846 bits per heavy atom. The third-order valence-electron chi connectivity index (χ3n) is 5.22. The van der Waals surface area contributed by atoms with Gasteiger partial charge in [-0.05, 0) is 24.1 Å². The quantitative estimate of drug-likeness (QED) is 0.0822. The molecule has 39 heavy (non-hydrogen) atoms. The number of amides is 5. The maximum atomic E-state index is 12.2. The van der Waals surface area contributed by atoms with Crippen LogP contribution in [0.25, 0.3) is 0 Å². The second-order valence-corrected chi connectivity index (χ2v) is 8.10. The van der Waals surface area contributed by atoms with E-state index < -0.39 is 18.1 Å². The van der Waals surface area contributed by atoms with Gasteiger partial charge in [0.05, 0.1) is 32.0 Å². The monoisotopic (exact) mass is 551 g/mol. The van der Waals surface area contributed by atoms with Crippen molar-refractivity contribution in [1.29, 1.82) is 0 Å². The van der Waals surface area contributed by atoms with E-state index in [1.807, 2.05) is 0 Å². The molecule has 5 amide bonds. The summed E-state index contributed by atoms with van der Waals surface area (Å²) in [7, 11) is 1.51. The van der Waals surface area contributed by atoms with E-state index in [-0.39, 0.29) is 70.6 Å². The molecule has 0 saturated carbocycles. The number of anilines is 1. The Hall–Kier alpha value is -3.88. The molecule has 0 aliphatic heterocycles. The highest BCUT2D eigenvalue weighted by Gasteiger charge is 2.16. The number of hydrogen-bond donors (Lipinski definition) is 5. The zero-order valence-corrected chi connectivity index (χ0v) is 21.9. The lowest BCUT2D eigenvalue weighted by Gasteiger charge is -2.17. The molecule has 0 spiro atoms. The second kappa shape index (κ2) is 21.1. The standard InChI is InChI=1S/C25H37N5O9/c1-37-22(19-2-4-20(5-3-19)29-18-33)14-28-23(34)7-6-21(15-31)30-25(36)16-39-13-12-38-11-10-27-24(35)8-9-26-17-32/h2-5,15,17-18,21-22H,6-14,16H2,1H3,(H,26,32)(H,27,35)(H,28,34)(H,29,33)(H,30,36). The highest BCUT2D eigenvalue weighted by Crippen LogP contribution is 2.18. The number of methoxy groups -OCH3 is 1. The molecule has 0 aliphatic carbocycles. The Balaban J connectivity index is 2.17. The van der Waals surface area contributed by atoms with Crippen LogP contribution >= 0.6 is 0 Å². The number of carbonyl (C=O) groups is 6. The van der Waals surface area contributed by atoms with Crippen LogP contribution < -0.4 is 26.6 Å². The minimum atomic E-state index is -0.843. The van der Waals surface area contributed by atoms with Crippen molar-refractivity contribution < 1.29 is 43.0 Å². The summed E-state index contributed by atoms with van der Waals surface area (Å²) in [6, 6.07) is 6.14. The van der Waals surface area contributed by atoms with Crippen LogP contribution in [0.3, 0.4) is 0 Å². The molecule has 1 aromatic rings. The SMILES string of the molecule is COC(CNC(=O)CCC(C=O)NC(=O)COCCOCCNC(=O)CCNC=O)c1ccc(NC=O)cc1. The summed E-state index contributed by atoms with van der Waals surface area (Å²) in [5, 5.41) is 12.8. The predicted molar refractivity (Wildman–Crippen MR) is 139 cm³/mol. The fourth-order valence-electron chi connectivity index (χ4n) is 3.18. The number of benzene rings is 1. The molecule has 5 N–H and O–H groups in total. The van der Waals surface area contributed by atoms with E-state index in [2.05, 4.69) is 26.6 Å². The van der Waals surface area contributed by atoms with Gasteiger partial charge in [-0.3, -0.25) is 24.0 Å². The van der Waals surface area contributed by atoms with Gasteiger partial charge in [-0.25, -0.2) is 0 Å². The number of ether oxygens (including phenoxy) is 3. The number of hydrogen-bond acceptors (Lipinski definition) is 9. The number of carbonyl (C=O) groups excluding carboxylic acids is 6. The van der Waals surface area contributed by atoms with E-state index in [1.165, 1.54) is 7.11 Å². The highest BCUT2D eigenvalue weighted by atomic mass is 16.5. The van der Waals surface area contributed by atoms with E-state index in [0.29, 0.717) is 31.3 Å². The molecule has 0 saturated heterocycles. The smallest absolute Gasteiger partial charge is 0.246 e. The minimum absolute atomic E-state index is 0.0150. The van der Waals surface area contributed by atoms with Gasteiger partial charge in [-0.15, -0.1) is 0 Å². The van der Waals surface area contributed by atoms with Crippen molar-refractivity contribution in [3.63, 3.8) is 0 Å². The zero-order chi connectivity index (χ0) is 28.7. The van der Waals surface area contributed by atoms with Crippen LogP contribution in [-0.2, 0) is 43.0 Å². The van der Waals surface area contributed by atoms with Gasteiger partial charge in [0, 0.05) is 45.3 Å². The van der Waals surface area contributed by atoms with E-state index in [1.54, 1.807) is 24.3 Å². The first kappa shape index (κ1) is 33.1. The first-order valence-electron chi connectivity index (χ1n) is 12.4. The summed E-state index contributed by atoms with van der Waals surface area (Å²) in [5.41, 5.74) is 1.44. The molecule has 2 unspecified atom stereocenters. The molecule has 14 heteroatoms. The molecule has 216 valence electrons. The van der Waals surface area contributed by atoms with Crippen LogP contribution in [0.5, 0.6) is 0 Å². The summed E-state index contributed by atoms with van der Waals surface area (Å²) in [5.74, 6) is -1.02. The van der Waals surface area contributed by atoms with Crippen molar-refractivity contribution >= 4 is 42.5 Å². The molecule has 0 bridgehead atoms. The maximum absolute atomic E-state index is 12.2. The van der Waals surface area contributed by atoms with Gasteiger partial charge >= 0.3 is 0 Å². The summed E-state index contributed by atoms with van der Waals surface area (Å²) >= 11 is 0. The fraction of sp³-hybridized carbons (Fsp3) is 0.520. The molecule has 2 atom stereocenters. The summed E-state index contributed by atoms with van der Waals surface area (Å²) < 4.78 is 15.9. The zero-order valence-electron chi connectivity index (χ0n) is 21.9. The maximum Gasteiger partial charge on any atom is 0.246 e. The van der Waals surface area contributed by atoms with Crippen molar-refractivity contribution in [3.8, 4) is 0 Å². The molecule has 0 fully saturated rings. The van der Waals surface area contributed by atoms with E-state index in [9.17, 15) is 28.8 Å². The van der Waals surface area contributed by atoms with Gasteiger partial charge in [0.2, 0.25) is 30.5 Å². The van der Waals surface area contributed by atoms with Gasteiger partial charge in [0.15, 0.2) is 0 Å². The topological polar surface area (TPSA) is 190 Å². The van der Waals surface area contributed by atoms with Crippen LogP contribution in [0.1, 0.15) is 30.9 Å². The van der Waals surface area contributed by atoms with Gasteiger partial charge in [0.25, 0.3) is 0 Å². The molecular weight excluding hydrogens is 514 g/mol. The van der Waals surface area contributed by atoms with E-state index >= 15 is 0 Å². The molecule has 0 radical (unpaired) electrons. The van der Waals surface area contributed by atoms with Crippen molar-refractivity contribution in [2.45, 2.75) is 31.4 Å². The third-order valence-corrected chi connectivity index (χ3v) is 5.22. The third kappa shape index (κ3) is 15.9. The van der Waals surface area contributed by atoms with E-state index in [4.69, 9.17) is 14.2 Å². The first-order valence-corrected chi connectivity index (χ1v) is 12.4. The van der Waals surface area contributed by atoms with Gasteiger partial charge in [-0.1, -0.05) is 12.1 Å². The average molecular weight is 552 g/mol. The van der Waals surface area contributed by atoms with Crippen molar-refractivity contribution in [2.75, 3.05) is 58.5 Å². The van der Waals surface area contributed by atoms with Crippen LogP contribution in [0, 0.1) is 0 Å². The highest BCUT2D eigenvalue weighted by molar-refractivity contribution is 5.81. The Morgan fingerprint density at radius 2 is 1.56 bits per heavy atom. The Kier molecular flexibility index (Phi) is 17.9. The fourth-order valence-corrected chi connectivity index (χ4v) is 3.18. The number of nitrogens with one attached hydrogen (secondary N) is 5. The van der Waals surface area contributed by atoms with Gasteiger partial charge in [0.1, 0.15) is 12.9 Å². The summed E-state index contributed by atoms with van der Waals surface area (Å²) in [6.45, 7) is 1.08. The molecule has 0 aliphatic rings. The summed E-state index contributed by atoms with van der Waals surface area (Å²) in [4.78, 5) is 67.6. The Bertz CT molecular complexity index is 898. The second-order valence-electron chi connectivity index (χ2n) is 8.10. The Labute approximate surface area is 226 Å². The molecule has 1 rings (SSSR count). The van der Waals surface area contributed by atoms with Crippen molar-refractivity contribution in [1.82, 2.24) is 21.3 Å². The first-order chi connectivity index (χ1) is 18.9. The molecule has 14 nitrogen and oxygen atoms in total. The lowest BCUT2D eigenvalue weighted by molar-refractivity contribution is -0.129.